The highest BCUT2D eigenvalue weighted by Gasteiger charge is 2.30. The lowest BCUT2D eigenvalue weighted by Crippen LogP contribution is -2.32. The van der Waals surface area contributed by atoms with Crippen LogP contribution in [0.2, 0.25) is 0 Å². The van der Waals surface area contributed by atoms with E-state index < -0.39 is 5.97 Å². The number of hydrogen-bond acceptors (Lipinski definition) is 4. The van der Waals surface area contributed by atoms with E-state index >= 15 is 0 Å². The molecule has 2 atom stereocenters. The van der Waals surface area contributed by atoms with Crippen molar-refractivity contribution in [3.05, 3.63) is 22.4 Å². The number of carbonyl (C=O) groups is 2. The van der Waals surface area contributed by atoms with Gasteiger partial charge in [0, 0.05) is 16.7 Å². The zero-order valence-electron chi connectivity index (χ0n) is 11.4. The molecule has 0 aromatic carbocycles. The number of carbonyl (C=O) groups excluding carboxylic acids is 1. The van der Waals surface area contributed by atoms with Crippen LogP contribution >= 0.6 is 23.1 Å². The normalized spacial score (nSPS) is 20.1. The second kappa shape index (κ2) is 7.13. The number of likely N-dealkylation sites (tertiary alicyclic amines) is 1. The first kappa shape index (κ1) is 15.4. The van der Waals surface area contributed by atoms with Crippen LogP contribution in [0.25, 0.3) is 0 Å². The smallest absolute Gasteiger partial charge is 0.304 e. The molecule has 1 saturated heterocycles. The van der Waals surface area contributed by atoms with Gasteiger partial charge < -0.3 is 10.0 Å². The Labute approximate surface area is 127 Å². The molecule has 110 valence electrons. The van der Waals surface area contributed by atoms with Crippen LogP contribution in [-0.4, -0.2) is 39.4 Å². The molecule has 2 unspecified atom stereocenters. The van der Waals surface area contributed by atoms with Gasteiger partial charge in [-0.2, -0.15) is 0 Å². The van der Waals surface area contributed by atoms with Crippen LogP contribution in [0.5, 0.6) is 0 Å². The number of aliphatic carboxylic acids is 1. The summed E-state index contributed by atoms with van der Waals surface area (Å²) in [5.74, 6) is -0.311. The first-order valence-electron chi connectivity index (χ1n) is 6.74. The van der Waals surface area contributed by atoms with Gasteiger partial charge in [-0.15, -0.1) is 23.1 Å². The topological polar surface area (TPSA) is 57.6 Å². The second-order valence-corrected chi connectivity index (χ2v) is 7.39. The fourth-order valence-electron chi connectivity index (χ4n) is 2.44. The van der Waals surface area contributed by atoms with Crippen LogP contribution in [0.4, 0.5) is 0 Å². The van der Waals surface area contributed by atoms with E-state index in [0.717, 1.165) is 19.4 Å². The maximum absolute atomic E-state index is 12.3. The van der Waals surface area contributed by atoms with Gasteiger partial charge in [-0.1, -0.05) is 13.0 Å². The summed E-state index contributed by atoms with van der Waals surface area (Å²) in [6, 6.07) is 4.32. The quantitative estimate of drug-likeness (QED) is 0.877. The van der Waals surface area contributed by atoms with Crippen molar-refractivity contribution in [3.63, 3.8) is 0 Å². The number of amides is 1. The largest absolute Gasteiger partial charge is 0.481 e. The van der Waals surface area contributed by atoms with Crippen LogP contribution in [0.1, 0.15) is 37.1 Å². The van der Waals surface area contributed by atoms with E-state index in [0.29, 0.717) is 5.75 Å². The van der Waals surface area contributed by atoms with Gasteiger partial charge in [0.2, 0.25) is 5.91 Å². The van der Waals surface area contributed by atoms with Crippen molar-refractivity contribution in [3.8, 4) is 0 Å². The summed E-state index contributed by atoms with van der Waals surface area (Å²) in [4.78, 5) is 26.1. The van der Waals surface area contributed by atoms with Gasteiger partial charge in [0.1, 0.15) is 0 Å². The van der Waals surface area contributed by atoms with Crippen molar-refractivity contribution >= 4 is 35.0 Å². The van der Waals surface area contributed by atoms with Crippen molar-refractivity contribution < 1.29 is 14.7 Å². The number of thiophene rings is 1. The molecule has 1 N–H and O–H groups in total. The number of rotatable bonds is 6. The molecule has 2 rings (SSSR count). The number of thioether (sulfide) groups is 1. The average molecular weight is 313 g/mol. The minimum atomic E-state index is -0.810. The van der Waals surface area contributed by atoms with Crippen LogP contribution in [-0.2, 0) is 9.59 Å². The van der Waals surface area contributed by atoms with Crippen molar-refractivity contribution in [1.82, 2.24) is 4.90 Å². The molecule has 4 nitrogen and oxygen atoms in total. The van der Waals surface area contributed by atoms with E-state index in [-0.39, 0.29) is 23.6 Å². The number of carboxylic acid groups (broad SMARTS) is 1. The number of carboxylic acids is 1. The van der Waals surface area contributed by atoms with Crippen LogP contribution in [0.15, 0.2) is 17.5 Å². The highest BCUT2D eigenvalue weighted by molar-refractivity contribution is 8.00. The van der Waals surface area contributed by atoms with Crippen molar-refractivity contribution in [2.45, 2.75) is 37.5 Å². The molecule has 0 aliphatic carbocycles. The Kier molecular flexibility index (Phi) is 5.48. The summed E-state index contributed by atoms with van der Waals surface area (Å²) in [6.07, 6.45) is 2.18. The zero-order chi connectivity index (χ0) is 14.5. The third-order valence-corrected chi connectivity index (χ3v) is 5.52. The monoisotopic (exact) mass is 313 g/mol. The Bertz CT molecular complexity index is 461. The number of nitrogens with zero attached hydrogens (tertiary/aromatic N) is 1. The van der Waals surface area contributed by atoms with Crippen LogP contribution < -0.4 is 0 Å². The molecule has 1 aromatic heterocycles. The summed E-state index contributed by atoms with van der Waals surface area (Å²) in [6.45, 7) is 2.67. The molecule has 0 bridgehead atoms. The number of hydrogen-bond donors (Lipinski definition) is 1. The minimum Gasteiger partial charge on any atom is -0.481 e. The summed E-state index contributed by atoms with van der Waals surface area (Å²) in [7, 11) is 0. The summed E-state index contributed by atoms with van der Waals surface area (Å²) < 4.78 is 0. The Morgan fingerprint density at radius 2 is 2.40 bits per heavy atom. The Hall–Kier alpha value is -1.01. The minimum absolute atomic E-state index is 0.0285. The molecule has 1 amide bonds. The van der Waals surface area contributed by atoms with E-state index in [9.17, 15) is 9.59 Å². The standard InChI is InChI=1S/C14H19NO3S2/c1-10(8-14(17)18)20-9-13(16)15-6-2-4-11(15)12-5-3-7-19-12/h3,5,7,10-11H,2,4,6,8-9H2,1H3,(H,17,18). The molecule has 1 fully saturated rings. The first-order chi connectivity index (χ1) is 9.58. The summed E-state index contributed by atoms with van der Waals surface area (Å²) >= 11 is 3.13. The molecule has 0 spiro atoms. The van der Waals surface area contributed by atoms with Crippen LogP contribution in [0.3, 0.4) is 0 Å². The van der Waals surface area contributed by atoms with Gasteiger partial charge in [0.15, 0.2) is 0 Å². The van der Waals surface area contributed by atoms with E-state index in [2.05, 4.69) is 6.07 Å². The zero-order valence-corrected chi connectivity index (χ0v) is 13.1. The third-order valence-electron chi connectivity index (χ3n) is 3.40. The second-order valence-electron chi connectivity index (χ2n) is 4.98. The Balaban J connectivity index is 1.87. The van der Waals surface area contributed by atoms with E-state index in [1.165, 1.54) is 16.6 Å². The molecule has 2 heterocycles. The Morgan fingerprint density at radius 1 is 1.60 bits per heavy atom. The van der Waals surface area contributed by atoms with E-state index in [1.807, 2.05) is 23.3 Å². The third kappa shape index (κ3) is 3.99. The van der Waals surface area contributed by atoms with E-state index in [1.54, 1.807) is 11.3 Å². The fraction of sp³-hybridized carbons (Fsp3) is 0.571. The van der Waals surface area contributed by atoms with Gasteiger partial charge in [-0.25, -0.2) is 0 Å². The Morgan fingerprint density at radius 3 is 3.05 bits per heavy atom. The molecular formula is C14H19NO3S2. The average Bonchev–Trinajstić information content (AvgIpc) is 3.04. The summed E-state index contributed by atoms with van der Waals surface area (Å²) in [5.41, 5.74) is 0. The molecule has 0 radical (unpaired) electrons. The molecule has 1 aromatic rings. The van der Waals surface area contributed by atoms with Gasteiger partial charge in [0.05, 0.1) is 18.2 Å². The van der Waals surface area contributed by atoms with Gasteiger partial charge >= 0.3 is 5.97 Å². The van der Waals surface area contributed by atoms with Crippen molar-refractivity contribution in [2.75, 3.05) is 12.3 Å². The molecular weight excluding hydrogens is 294 g/mol. The lowest BCUT2D eigenvalue weighted by molar-refractivity contribution is -0.137. The maximum Gasteiger partial charge on any atom is 0.304 e. The lowest BCUT2D eigenvalue weighted by atomic mass is 10.2. The SMILES string of the molecule is CC(CC(=O)O)SCC(=O)N1CCCC1c1cccs1. The molecule has 20 heavy (non-hydrogen) atoms. The molecule has 6 heteroatoms. The van der Waals surface area contributed by atoms with E-state index in [4.69, 9.17) is 5.11 Å². The first-order valence-corrected chi connectivity index (χ1v) is 8.67. The predicted octanol–water partition coefficient (Wildman–Crippen LogP) is 3.01. The van der Waals surface area contributed by atoms with Gasteiger partial charge in [0.25, 0.3) is 0 Å². The highest BCUT2D eigenvalue weighted by atomic mass is 32.2. The van der Waals surface area contributed by atoms with Crippen LogP contribution in [0, 0.1) is 0 Å². The summed E-state index contributed by atoms with van der Waals surface area (Å²) in [5, 5.41) is 10.7. The van der Waals surface area contributed by atoms with Gasteiger partial charge in [-0.3, -0.25) is 9.59 Å². The fourth-order valence-corrected chi connectivity index (χ4v) is 4.17. The lowest BCUT2D eigenvalue weighted by Gasteiger charge is -2.24. The maximum atomic E-state index is 12.3. The van der Waals surface area contributed by atoms with Crippen molar-refractivity contribution in [2.24, 2.45) is 0 Å². The van der Waals surface area contributed by atoms with Gasteiger partial charge in [-0.05, 0) is 24.3 Å². The van der Waals surface area contributed by atoms with Crippen molar-refractivity contribution in [1.29, 1.82) is 0 Å². The molecule has 1 aliphatic heterocycles. The predicted molar refractivity (Wildman–Crippen MR) is 82.2 cm³/mol. The highest BCUT2D eigenvalue weighted by Crippen LogP contribution is 2.35. The molecule has 1 aliphatic rings. The molecule has 0 saturated carbocycles.